The van der Waals surface area contributed by atoms with Crippen molar-refractivity contribution in [3.8, 4) is 16.9 Å². The highest BCUT2D eigenvalue weighted by atomic mass is 15.3. The molecule has 0 atom stereocenters. The molecule has 0 aliphatic heterocycles. The third-order valence-corrected chi connectivity index (χ3v) is 5.50. The van der Waals surface area contributed by atoms with Crippen LogP contribution < -0.4 is 0 Å². The summed E-state index contributed by atoms with van der Waals surface area (Å²) in [7, 11) is 0. The molecule has 0 unspecified atom stereocenters. The summed E-state index contributed by atoms with van der Waals surface area (Å²) in [5.41, 5.74) is 9.18. The SMILES string of the molecule is c1ccc(-n2nccc2-c2cc3ccc2CCc2ccc(cc2)CC3)cc1. The first kappa shape index (κ1) is 16.1. The van der Waals surface area contributed by atoms with Gasteiger partial charge in [-0.15, -0.1) is 0 Å². The summed E-state index contributed by atoms with van der Waals surface area (Å²) >= 11 is 0. The van der Waals surface area contributed by atoms with Crippen molar-refractivity contribution in [3.05, 3.63) is 107 Å². The number of aryl methyl sites for hydroxylation is 4. The van der Waals surface area contributed by atoms with Crippen LogP contribution in [0.4, 0.5) is 0 Å². The summed E-state index contributed by atoms with van der Waals surface area (Å²) in [4.78, 5) is 0. The monoisotopic (exact) mass is 350 g/mol. The summed E-state index contributed by atoms with van der Waals surface area (Å²) in [6.45, 7) is 0. The van der Waals surface area contributed by atoms with Crippen LogP contribution >= 0.6 is 0 Å². The van der Waals surface area contributed by atoms with Crippen molar-refractivity contribution in [3.63, 3.8) is 0 Å². The third kappa shape index (κ3) is 3.19. The zero-order valence-corrected chi connectivity index (χ0v) is 15.3. The fourth-order valence-electron chi connectivity index (χ4n) is 3.96. The van der Waals surface area contributed by atoms with E-state index in [1.165, 1.54) is 33.5 Å². The van der Waals surface area contributed by atoms with Crippen LogP contribution in [0.1, 0.15) is 22.3 Å². The van der Waals surface area contributed by atoms with Gasteiger partial charge in [-0.3, -0.25) is 0 Å². The van der Waals surface area contributed by atoms with Crippen LogP contribution in [0, 0.1) is 0 Å². The lowest BCUT2D eigenvalue weighted by atomic mass is 9.92. The molecule has 0 saturated carbocycles. The Morgan fingerprint density at radius 3 is 2.07 bits per heavy atom. The molecule has 0 N–H and O–H groups in total. The van der Waals surface area contributed by atoms with Crippen molar-refractivity contribution in [1.82, 2.24) is 9.78 Å². The maximum atomic E-state index is 4.61. The van der Waals surface area contributed by atoms with Crippen molar-refractivity contribution in [2.24, 2.45) is 0 Å². The number of para-hydroxylation sites is 1. The zero-order chi connectivity index (χ0) is 18.1. The topological polar surface area (TPSA) is 17.8 Å². The van der Waals surface area contributed by atoms with Crippen LogP contribution in [0.5, 0.6) is 0 Å². The molecule has 4 bridgehead atoms. The molecule has 1 aromatic heterocycles. The van der Waals surface area contributed by atoms with Crippen LogP contribution in [-0.2, 0) is 25.7 Å². The Morgan fingerprint density at radius 2 is 1.30 bits per heavy atom. The lowest BCUT2D eigenvalue weighted by molar-refractivity contribution is 0.879. The van der Waals surface area contributed by atoms with Gasteiger partial charge in [-0.1, -0.05) is 54.6 Å². The Hall–Kier alpha value is -3.13. The summed E-state index contributed by atoms with van der Waals surface area (Å²) in [6.07, 6.45) is 6.14. The Kier molecular flexibility index (Phi) is 4.10. The van der Waals surface area contributed by atoms with Crippen LogP contribution in [0.3, 0.4) is 0 Å². The summed E-state index contributed by atoms with van der Waals surface area (Å²) in [5.74, 6) is 0. The lowest BCUT2D eigenvalue weighted by Crippen LogP contribution is -2.04. The molecule has 0 saturated heterocycles. The van der Waals surface area contributed by atoms with Crippen molar-refractivity contribution in [2.45, 2.75) is 25.7 Å². The van der Waals surface area contributed by atoms with Crippen LogP contribution in [0.2, 0.25) is 0 Å². The molecule has 4 aliphatic rings. The van der Waals surface area contributed by atoms with Crippen molar-refractivity contribution >= 4 is 0 Å². The molecule has 0 amide bonds. The molecule has 4 aromatic rings. The van der Waals surface area contributed by atoms with Gasteiger partial charge in [0, 0.05) is 5.56 Å². The fraction of sp³-hybridized carbons (Fsp3) is 0.160. The Balaban J connectivity index is 1.61. The minimum atomic E-state index is 1.04. The Bertz CT molecular complexity index is 1060. The van der Waals surface area contributed by atoms with Gasteiger partial charge in [-0.05, 0) is 72.2 Å². The third-order valence-electron chi connectivity index (χ3n) is 5.50. The minimum absolute atomic E-state index is 1.04. The second kappa shape index (κ2) is 6.88. The van der Waals surface area contributed by atoms with E-state index >= 15 is 0 Å². The molecule has 0 radical (unpaired) electrons. The molecule has 2 nitrogen and oxygen atoms in total. The van der Waals surface area contributed by atoms with Crippen LogP contribution in [0.15, 0.2) is 85.1 Å². The summed E-state index contributed by atoms with van der Waals surface area (Å²) in [6, 6.07) is 28.7. The molecule has 0 fully saturated rings. The largest absolute Gasteiger partial charge is 0.233 e. The van der Waals surface area contributed by atoms with E-state index < -0.39 is 0 Å². The molecule has 3 aromatic carbocycles. The number of hydrogen-bond acceptors (Lipinski definition) is 1. The standard InChI is InChI=1S/C25H22N2/c1-2-4-23(5-3-1)27-25(16-17-26-27)24-18-21-11-10-19-6-8-20(9-7-19)12-14-22(24)15-13-21/h1-9,13,15-18H,10-12,14H2. The smallest absolute Gasteiger partial charge is 0.0743 e. The fourth-order valence-corrected chi connectivity index (χ4v) is 3.96. The molecule has 1 heterocycles. The van der Waals surface area contributed by atoms with Crippen molar-refractivity contribution in [1.29, 1.82) is 0 Å². The first-order valence-electron chi connectivity index (χ1n) is 9.66. The molecule has 132 valence electrons. The maximum Gasteiger partial charge on any atom is 0.0743 e. The first-order chi connectivity index (χ1) is 13.4. The van der Waals surface area contributed by atoms with E-state index in [9.17, 15) is 0 Å². The lowest BCUT2D eigenvalue weighted by Gasteiger charge is -2.16. The molecule has 27 heavy (non-hydrogen) atoms. The number of hydrogen-bond donors (Lipinski definition) is 0. The number of aromatic nitrogens is 2. The number of benzene rings is 3. The highest BCUT2D eigenvalue weighted by Gasteiger charge is 2.14. The van der Waals surface area contributed by atoms with E-state index in [2.05, 4.69) is 82.6 Å². The molecule has 4 aliphatic carbocycles. The van der Waals surface area contributed by atoms with Gasteiger partial charge in [-0.2, -0.15) is 5.10 Å². The van der Waals surface area contributed by atoms with Gasteiger partial charge in [0.15, 0.2) is 0 Å². The maximum absolute atomic E-state index is 4.61. The van der Waals surface area contributed by atoms with Gasteiger partial charge in [0.2, 0.25) is 0 Å². The molecular weight excluding hydrogens is 328 g/mol. The van der Waals surface area contributed by atoms with E-state index in [0.717, 1.165) is 31.4 Å². The Morgan fingerprint density at radius 1 is 0.630 bits per heavy atom. The molecule has 8 rings (SSSR count). The predicted molar refractivity (Wildman–Crippen MR) is 110 cm³/mol. The second-order valence-corrected chi connectivity index (χ2v) is 7.27. The van der Waals surface area contributed by atoms with E-state index in [-0.39, 0.29) is 0 Å². The van der Waals surface area contributed by atoms with E-state index in [0.29, 0.717) is 0 Å². The minimum Gasteiger partial charge on any atom is -0.233 e. The van der Waals surface area contributed by atoms with Gasteiger partial charge < -0.3 is 0 Å². The van der Waals surface area contributed by atoms with Crippen molar-refractivity contribution in [2.75, 3.05) is 0 Å². The highest BCUT2D eigenvalue weighted by Crippen LogP contribution is 2.29. The van der Waals surface area contributed by atoms with E-state index in [4.69, 9.17) is 0 Å². The highest BCUT2D eigenvalue weighted by molar-refractivity contribution is 5.67. The second-order valence-electron chi connectivity index (χ2n) is 7.27. The Labute approximate surface area is 160 Å². The average Bonchev–Trinajstić information content (AvgIpc) is 3.20. The van der Waals surface area contributed by atoms with Crippen LogP contribution in [-0.4, -0.2) is 9.78 Å². The van der Waals surface area contributed by atoms with E-state index in [1.54, 1.807) is 0 Å². The van der Waals surface area contributed by atoms with Crippen molar-refractivity contribution < 1.29 is 0 Å². The normalized spacial score (nSPS) is 13.3. The molecule has 2 heteroatoms. The van der Waals surface area contributed by atoms with Gasteiger partial charge in [0.1, 0.15) is 0 Å². The summed E-state index contributed by atoms with van der Waals surface area (Å²) in [5, 5.41) is 4.61. The van der Waals surface area contributed by atoms with Crippen LogP contribution in [0.25, 0.3) is 16.9 Å². The first-order valence-corrected chi connectivity index (χ1v) is 9.66. The quantitative estimate of drug-likeness (QED) is 0.472. The molecular formula is C25H22N2. The average molecular weight is 350 g/mol. The number of nitrogens with zero attached hydrogens (tertiary/aromatic N) is 2. The van der Waals surface area contributed by atoms with E-state index in [1.807, 2.05) is 12.3 Å². The summed E-state index contributed by atoms with van der Waals surface area (Å²) < 4.78 is 2.06. The zero-order valence-electron chi connectivity index (χ0n) is 15.3. The molecule has 0 spiro atoms. The number of rotatable bonds is 2. The van der Waals surface area contributed by atoms with Gasteiger partial charge in [-0.25, -0.2) is 4.68 Å². The van der Waals surface area contributed by atoms with Gasteiger partial charge in [0.05, 0.1) is 17.6 Å². The van der Waals surface area contributed by atoms with Gasteiger partial charge >= 0.3 is 0 Å². The predicted octanol–water partition coefficient (Wildman–Crippen LogP) is 5.42. The van der Waals surface area contributed by atoms with Gasteiger partial charge in [0.25, 0.3) is 0 Å².